The molecule has 0 unspecified atom stereocenters. The molecule has 1 aliphatic rings. The van der Waals surface area contributed by atoms with Gasteiger partial charge in [-0.15, -0.1) is 10.2 Å². The lowest BCUT2D eigenvalue weighted by molar-refractivity contribution is -0.117. The molecule has 0 radical (unpaired) electrons. The maximum Gasteiger partial charge on any atom is 0.240 e. The van der Waals surface area contributed by atoms with Gasteiger partial charge >= 0.3 is 0 Å². The van der Waals surface area contributed by atoms with Crippen molar-refractivity contribution < 1.29 is 9.90 Å². The van der Waals surface area contributed by atoms with Gasteiger partial charge in [-0.05, 0) is 31.8 Å². The predicted octanol–water partition coefficient (Wildman–Crippen LogP) is 0.181. The second-order valence-corrected chi connectivity index (χ2v) is 5.03. The average molecular weight is 256 g/mol. The largest absolute Gasteiger partial charge is 0.396 e. The first-order chi connectivity index (χ1) is 8.28. The highest BCUT2D eigenvalue weighted by molar-refractivity contribution is 7.13. The van der Waals surface area contributed by atoms with Crippen LogP contribution in [0.5, 0.6) is 0 Å². The summed E-state index contributed by atoms with van der Waals surface area (Å²) < 4.78 is 0. The summed E-state index contributed by atoms with van der Waals surface area (Å²) in [6.45, 7) is 2.38. The molecule has 2 N–H and O–H groups in total. The Morgan fingerprint density at radius 1 is 1.59 bits per heavy atom. The van der Waals surface area contributed by atoms with Crippen molar-refractivity contribution >= 4 is 22.4 Å². The molecule has 0 bridgehead atoms. The van der Waals surface area contributed by atoms with E-state index in [0.717, 1.165) is 25.9 Å². The molecule has 0 saturated carbocycles. The number of aliphatic hydroxyl groups is 1. The molecule has 2 rings (SSSR count). The summed E-state index contributed by atoms with van der Waals surface area (Å²) in [5, 5.41) is 19.7. The molecule has 1 aliphatic heterocycles. The number of hydrogen-bond acceptors (Lipinski definition) is 6. The van der Waals surface area contributed by atoms with Crippen LogP contribution in [0.3, 0.4) is 0 Å². The van der Waals surface area contributed by atoms with E-state index in [1.165, 1.54) is 11.3 Å². The Bertz CT molecular complexity index is 349. The van der Waals surface area contributed by atoms with Gasteiger partial charge in [0.1, 0.15) is 5.51 Å². The van der Waals surface area contributed by atoms with Gasteiger partial charge in [0.2, 0.25) is 11.0 Å². The number of rotatable bonds is 4. The van der Waals surface area contributed by atoms with E-state index in [9.17, 15) is 4.79 Å². The fourth-order valence-corrected chi connectivity index (χ4v) is 2.38. The topological polar surface area (TPSA) is 78.4 Å². The van der Waals surface area contributed by atoms with E-state index < -0.39 is 0 Å². The summed E-state index contributed by atoms with van der Waals surface area (Å²) in [7, 11) is 0. The van der Waals surface area contributed by atoms with Crippen LogP contribution in [0, 0.1) is 5.92 Å². The molecule has 1 aromatic heterocycles. The molecule has 0 atom stereocenters. The Labute approximate surface area is 104 Å². The van der Waals surface area contributed by atoms with Gasteiger partial charge in [0.25, 0.3) is 0 Å². The van der Waals surface area contributed by atoms with Gasteiger partial charge in [-0.3, -0.25) is 15.0 Å². The van der Waals surface area contributed by atoms with Crippen LogP contribution in [0.25, 0.3) is 0 Å². The molecule has 2 heterocycles. The van der Waals surface area contributed by atoms with Gasteiger partial charge in [-0.25, -0.2) is 0 Å². The number of likely N-dealkylation sites (tertiary alicyclic amines) is 1. The Morgan fingerprint density at radius 3 is 2.94 bits per heavy atom. The lowest BCUT2D eigenvalue weighted by Crippen LogP contribution is -2.39. The van der Waals surface area contributed by atoms with Crippen molar-refractivity contribution in [2.45, 2.75) is 12.8 Å². The summed E-state index contributed by atoms with van der Waals surface area (Å²) in [6, 6.07) is 0. The van der Waals surface area contributed by atoms with Crippen LogP contribution in [0.15, 0.2) is 5.51 Å². The zero-order valence-corrected chi connectivity index (χ0v) is 10.3. The molecule has 1 fully saturated rings. The minimum atomic E-state index is -0.0517. The zero-order valence-electron chi connectivity index (χ0n) is 9.50. The number of nitrogens with zero attached hydrogens (tertiary/aromatic N) is 3. The SMILES string of the molecule is O=C(CN1CCC(CO)CC1)Nc1nncs1. The van der Waals surface area contributed by atoms with Crippen LogP contribution in [0.4, 0.5) is 5.13 Å². The number of piperidine rings is 1. The van der Waals surface area contributed by atoms with Crippen molar-refractivity contribution in [1.82, 2.24) is 15.1 Å². The third-order valence-electron chi connectivity index (χ3n) is 2.94. The van der Waals surface area contributed by atoms with Crippen molar-refractivity contribution in [2.24, 2.45) is 5.92 Å². The molecule has 17 heavy (non-hydrogen) atoms. The van der Waals surface area contributed by atoms with Crippen LogP contribution in [0.2, 0.25) is 0 Å². The fourth-order valence-electron chi connectivity index (χ4n) is 1.92. The third-order valence-corrected chi connectivity index (χ3v) is 3.55. The predicted molar refractivity (Wildman–Crippen MR) is 64.8 cm³/mol. The number of anilines is 1. The molecule has 0 aliphatic carbocycles. The van der Waals surface area contributed by atoms with Gasteiger partial charge in [0.05, 0.1) is 6.54 Å². The van der Waals surface area contributed by atoms with Crippen LogP contribution < -0.4 is 5.32 Å². The zero-order chi connectivity index (χ0) is 12.1. The summed E-state index contributed by atoms with van der Waals surface area (Å²) in [5.41, 5.74) is 1.59. The Morgan fingerprint density at radius 2 is 2.35 bits per heavy atom. The molecule has 0 aromatic carbocycles. The fraction of sp³-hybridized carbons (Fsp3) is 0.700. The van der Waals surface area contributed by atoms with Gasteiger partial charge in [-0.2, -0.15) is 0 Å². The quantitative estimate of drug-likeness (QED) is 0.803. The molecular weight excluding hydrogens is 240 g/mol. The van der Waals surface area contributed by atoms with Crippen LogP contribution in [-0.2, 0) is 4.79 Å². The molecule has 1 amide bonds. The first kappa shape index (κ1) is 12.4. The lowest BCUT2D eigenvalue weighted by atomic mass is 9.98. The first-order valence-electron chi connectivity index (χ1n) is 5.67. The van der Waals surface area contributed by atoms with E-state index >= 15 is 0 Å². The molecule has 0 spiro atoms. The van der Waals surface area contributed by atoms with E-state index in [4.69, 9.17) is 5.11 Å². The minimum Gasteiger partial charge on any atom is -0.396 e. The smallest absolute Gasteiger partial charge is 0.240 e. The maximum atomic E-state index is 11.7. The average Bonchev–Trinajstić information content (AvgIpc) is 2.82. The van der Waals surface area contributed by atoms with Gasteiger partial charge < -0.3 is 5.11 Å². The standard InChI is InChI=1S/C10H16N4O2S/c15-6-8-1-3-14(4-2-8)5-9(16)12-10-13-11-7-17-10/h7-8,15H,1-6H2,(H,12,13,16). The maximum absolute atomic E-state index is 11.7. The van der Waals surface area contributed by atoms with Gasteiger partial charge in [0, 0.05) is 6.61 Å². The van der Waals surface area contributed by atoms with Crippen molar-refractivity contribution in [1.29, 1.82) is 0 Å². The molecule has 1 aromatic rings. The molecule has 6 nitrogen and oxygen atoms in total. The number of nitrogens with one attached hydrogen (secondary N) is 1. The third kappa shape index (κ3) is 3.72. The summed E-state index contributed by atoms with van der Waals surface area (Å²) in [6.07, 6.45) is 1.92. The molecular formula is C10H16N4O2S. The summed E-state index contributed by atoms with van der Waals surface area (Å²) >= 11 is 1.31. The molecule has 1 saturated heterocycles. The van der Waals surface area contributed by atoms with Crippen molar-refractivity contribution in [3.05, 3.63) is 5.51 Å². The number of carbonyl (C=O) groups excluding carboxylic acids is 1. The van der Waals surface area contributed by atoms with E-state index in [2.05, 4.69) is 20.4 Å². The van der Waals surface area contributed by atoms with Crippen molar-refractivity contribution in [3.8, 4) is 0 Å². The highest BCUT2D eigenvalue weighted by Crippen LogP contribution is 2.16. The lowest BCUT2D eigenvalue weighted by Gasteiger charge is -2.30. The number of aromatic nitrogens is 2. The van der Waals surface area contributed by atoms with Gasteiger partial charge in [-0.1, -0.05) is 11.3 Å². The summed E-state index contributed by atoms with van der Waals surface area (Å²) in [4.78, 5) is 13.8. The van der Waals surface area contributed by atoms with E-state index in [1.807, 2.05) is 0 Å². The van der Waals surface area contributed by atoms with E-state index in [-0.39, 0.29) is 12.5 Å². The summed E-state index contributed by atoms with van der Waals surface area (Å²) in [5.74, 6) is 0.349. The van der Waals surface area contributed by atoms with Crippen molar-refractivity contribution in [2.75, 3.05) is 31.6 Å². The highest BCUT2D eigenvalue weighted by atomic mass is 32.1. The number of hydrogen-bond donors (Lipinski definition) is 2. The number of carbonyl (C=O) groups is 1. The Kier molecular flexibility index (Phi) is 4.41. The van der Waals surface area contributed by atoms with E-state index in [1.54, 1.807) is 5.51 Å². The van der Waals surface area contributed by atoms with E-state index in [0.29, 0.717) is 17.6 Å². The Hall–Kier alpha value is -1.05. The monoisotopic (exact) mass is 256 g/mol. The molecule has 7 heteroatoms. The Balaban J connectivity index is 1.72. The van der Waals surface area contributed by atoms with Crippen LogP contribution in [-0.4, -0.2) is 52.4 Å². The normalized spacial score (nSPS) is 18.2. The second-order valence-electron chi connectivity index (χ2n) is 4.19. The van der Waals surface area contributed by atoms with Crippen LogP contribution in [0.1, 0.15) is 12.8 Å². The number of aliphatic hydroxyl groups excluding tert-OH is 1. The number of amides is 1. The first-order valence-corrected chi connectivity index (χ1v) is 6.55. The van der Waals surface area contributed by atoms with Gasteiger partial charge in [0.15, 0.2) is 0 Å². The molecule has 94 valence electrons. The van der Waals surface area contributed by atoms with Crippen molar-refractivity contribution in [3.63, 3.8) is 0 Å². The highest BCUT2D eigenvalue weighted by Gasteiger charge is 2.20. The second kappa shape index (κ2) is 6.04. The minimum absolute atomic E-state index is 0.0517. The van der Waals surface area contributed by atoms with Crippen LogP contribution >= 0.6 is 11.3 Å².